The maximum atomic E-state index is 5.98. The zero-order chi connectivity index (χ0) is 20.8. The Labute approximate surface area is 193 Å². The van der Waals surface area contributed by atoms with Crippen LogP contribution in [-0.4, -0.2) is 37.7 Å². The first-order valence-corrected chi connectivity index (χ1v) is 11.5. The summed E-state index contributed by atoms with van der Waals surface area (Å²) in [5.41, 5.74) is 4.02. The molecule has 0 atom stereocenters. The molecule has 1 aliphatic heterocycles. The highest BCUT2D eigenvalue weighted by atomic mass is 35.5. The van der Waals surface area contributed by atoms with Gasteiger partial charge in [0.1, 0.15) is 12.4 Å². The molecule has 0 unspecified atom stereocenters. The summed E-state index contributed by atoms with van der Waals surface area (Å²) in [5.74, 6) is 1.02. The highest BCUT2D eigenvalue weighted by molar-refractivity contribution is 5.86. The van der Waals surface area contributed by atoms with E-state index in [0.717, 1.165) is 38.4 Å². The van der Waals surface area contributed by atoms with E-state index in [-0.39, 0.29) is 12.4 Å². The number of anilines is 1. The van der Waals surface area contributed by atoms with Gasteiger partial charge in [-0.1, -0.05) is 62.4 Å². The van der Waals surface area contributed by atoms with Crippen LogP contribution in [0, 0.1) is 0 Å². The van der Waals surface area contributed by atoms with Crippen molar-refractivity contribution in [1.82, 2.24) is 4.90 Å². The molecule has 4 rings (SSSR count). The molecule has 0 aliphatic carbocycles. The predicted molar refractivity (Wildman–Crippen MR) is 135 cm³/mol. The lowest BCUT2D eigenvalue weighted by Gasteiger charge is -2.32. The van der Waals surface area contributed by atoms with Crippen molar-refractivity contribution < 1.29 is 4.74 Å². The largest absolute Gasteiger partial charge is 0.490 e. The van der Waals surface area contributed by atoms with Crippen LogP contribution in [0.15, 0.2) is 60.7 Å². The van der Waals surface area contributed by atoms with Crippen LogP contribution in [0.5, 0.6) is 5.75 Å². The van der Waals surface area contributed by atoms with Crippen molar-refractivity contribution in [1.29, 1.82) is 0 Å². The van der Waals surface area contributed by atoms with E-state index in [9.17, 15) is 0 Å². The normalized spacial score (nSPS) is 13.1. The number of nitrogens with zero attached hydrogens (tertiary/aromatic N) is 2. The van der Waals surface area contributed by atoms with Gasteiger partial charge in [0.15, 0.2) is 0 Å². The van der Waals surface area contributed by atoms with Crippen molar-refractivity contribution in [2.45, 2.75) is 39.7 Å². The van der Waals surface area contributed by atoms with Crippen LogP contribution in [0.3, 0.4) is 0 Å². The molecule has 0 spiro atoms. The minimum atomic E-state index is 0. The molecule has 31 heavy (non-hydrogen) atoms. The Bertz CT molecular complexity index is 963. The van der Waals surface area contributed by atoms with Gasteiger partial charge >= 0.3 is 0 Å². The Morgan fingerprint density at radius 3 is 2.48 bits per heavy atom. The average molecular weight is 439 g/mol. The lowest BCUT2D eigenvalue weighted by Crippen LogP contribution is -2.32. The van der Waals surface area contributed by atoms with Gasteiger partial charge in [0.2, 0.25) is 0 Å². The van der Waals surface area contributed by atoms with Crippen LogP contribution in [0.1, 0.15) is 37.8 Å². The molecule has 0 fully saturated rings. The third-order valence-electron chi connectivity index (χ3n) is 6.02. The van der Waals surface area contributed by atoms with Gasteiger partial charge in [-0.2, -0.15) is 0 Å². The first kappa shape index (κ1) is 23.4. The number of halogens is 1. The fourth-order valence-corrected chi connectivity index (χ4v) is 4.53. The van der Waals surface area contributed by atoms with Crippen molar-refractivity contribution in [2.24, 2.45) is 0 Å². The molecule has 0 saturated carbocycles. The smallest absolute Gasteiger partial charge is 0.142 e. The van der Waals surface area contributed by atoms with Gasteiger partial charge in [0.25, 0.3) is 0 Å². The average Bonchev–Trinajstić information content (AvgIpc) is 2.78. The van der Waals surface area contributed by atoms with Crippen molar-refractivity contribution in [3.05, 3.63) is 71.8 Å². The Morgan fingerprint density at radius 1 is 0.903 bits per heavy atom. The molecule has 0 bridgehead atoms. The second-order valence-electron chi connectivity index (χ2n) is 8.30. The first-order chi connectivity index (χ1) is 14.8. The van der Waals surface area contributed by atoms with Gasteiger partial charge < -0.3 is 14.5 Å². The second kappa shape index (κ2) is 11.4. The van der Waals surface area contributed by atoms with E-state index in [2.05, 4.69) is 84.3 Å². The summed E-state index contributed by atoms with van der Waals surface area (Å²) in [5, 5.41) is 2.66. The molecule has 0 aromatic heterocycles. The van der Waals surface area contributed by atoms with E-state index in [1.54, 1.807) is 0 Å². The molecule has 3 aromatic carbocycles. The van der Waals surface area contributed by atoms with E-state index in [1.165, 1.54) is 53.5 Å². The highest BCUT2D eigenvalue weighted by Gasteiger charge is 2.19. The van der Waals surface area contributed by atoms with Crippen LogP contribution in [-0.2, 0) is 13.0 Å². The number of rotatable bonds is 9. The maximum absolute atomic E-state index is 5.98. The van der Waals surface area contributed by atoms with Gasteiger partial charge in [-0.3, -0.25) is 0 Å². The molecule has 3 aromatic rings. The third-order valence-corrected chi connectivity index (χ3v) is 6.02. The predicted octanol–water partition coefficient (Wildman–Crippen LogP) is 6.33. The summed E-state index contributed by atoms with van der Waals surface area (Å²) in [7, 11) is 0. The Morgan fingerprint density at radius 2 is 1.68 bits per heavy atom. The molecule has 0 N–H and O–H groups in total. The minimum absolute atomic E-state index is 0. The monoisotopic (exact) mass is 438 g/mol. The van der Waals surface area contributed by atoms with E-state index in [1.807, 2.05) is 0 Å². The number of benzene rings is 3. The molecule has 0 saturated heterocycles. The SMILES string of the molecule is CCCN(CCC)CCc1ccc2c(c1)N(Cc1cccc3ccccc13)CCO2.Cl. The van der Waals surface area contributed by atoms with Gasteiger partial charge in [-0.25, -0.2) is 0 Å². The Hall–Kier alpha value is -2.23. The molecule has 4 heteroatoms. The van der Waals surface area contributed by atoms with Gasteiger partial charge in [-0.05, 0) is 66.4 Å². The summed E-state index contributed by atoms with van der Waals surface area (Å²) in [6.45, 7) is 10.6. The van der Waals surface area contributed by atoms with Crippen LogP contribution < -0.4 is 9.64 Å². The summed E-state index contributed by atoms with van der Waals surface area (Å²) in [6.07, 6.45) is 3.53. The van der Waals surface area contributed by atoms with Gasteiger partial charge in [0, 0.05) is 13.1 Å². The molecule has 1 aliphatic rings. The fraction of sp³-hybridized carbons (Fsp3) is 0.407. The van der Waals surface area contributed by atoms with E-state index < -0.39 is 0 Å². The molecule has 1 heterocycles. The fourth-order valence-electron chi connectivity index (χ4n) is 4.53. The number of fused-ring (bicyclic) bond motifs is 2. The number of hydrogen-bond donors (Lipinski definition) is 0. The van der Waals surface area contributed by atoms with Crippen LogP contribution in [0.2, 0.25) is 0 Å². The third kappa shape index (κ3) is 5.72. The van der Waals surface area contributed by atoms with Crippen molar-refractivity contribution >= 4 is 28.9 Å². The standard InChI is InChI=1S/C27H34N2O.ClH/c1-3-15-28(16-4-2)17-14-22-12-13-27-26(20-22)29(18-19-30-27)21-24-10-7-9-23-8-5-6-11-25(23)24;/h5-13,20H,3-4,14-19,21H2,1-2H3;1H. The van der Waals surface area contributed by atoms with Gasteiger partial charge in [0.05, 0.1) is 12.2 Å². The highest BCUT2D eigenvalue weighted by Crippen LogP contribution is 2.34. The summed E-state index contributed by atoms with van der Waals surface area (Å²) in [6, 6.07) is 22.1. The Balaban J connectivity index is 0.00000272. The number of ether oxygens (including phenoxy) is 1. The lowest BCUT2D eigenvalue weighted by molar-refractivity contribution is 0.278. The molecule has 0 amide bonds. The van der Waals surface area contributed by atoms with E-state index >= 15 is 0 Å². The maximum Gasteiger partial charge on any atom is 0.142 e. The minimum Gasteiger partial charge on any atom is -0.490 e. The zero-order valence-electron chi connectivity index (χ0n) is 18.8. The molecular formula is C27H35ClN2O. The molecule has 3 nitrogen and oxygen atoms in total. The summed E-state index contributed by atoms with van der Waals surface area (Å²) < 4.78 is 5.98. The molecule has 166 valence electrons. The van der Waals surface area contributed by atoms with Crippen LogP contribution >= 0.6 is 12.4 Å². The van der Waals surface area contributed by atoms with Crippen molar-refractivity contribution in [2.75, 3.05) is 37.7 Å². The summed E-state index contributed by atoms with van der Waals surface area (Å²) >= 11 is 0. The van der Waals surface area contributed by atoms with Crippen LogP contribution in [0.25, 0.3) is 10.8 Å². The Kier molecular flexibility index (Phi) is 8.62. The van der Waals surface area contributed by atoms with Crippen molar-refractivity contribution in [3.8, 4) is 5.75 Å². The van der Waals surface area contributed by atoms with Gasteiger partial charge in [-0.15, -0.1) is 12.4 Å². The second-order valence-corrected chi connectivity index (χ2v) is 8.30. The van der Waals surface area contributed by atoms with E-state index in [0.29, 0.717) is 0 Å². The first-order valence-electron chi connectivity index (χ1n) is 11.5. The topological polar surface area (TPSA) is 15.7 Å². The van der Waals surface area contributed by atoms with Crippen LogP contribution in [0.4, 0.5) is 5.69 Å². The quantitative estimate of drug-likeness (QED) is 0.388. The summed E-state index contributed by atoms with van der Waals surface area (Å²) in [4.78, 5) is 5.07. The van der Waals surface area contributed by atoms with Crippen molar-refractivity contribution in [3.63, 3.8) is 0 Å². The molecule has 0 radical (unpaired) electrons. The zero-order valence-corrected chi connectivity index (χ0v) is 19.7. The number of hydrogen-bond acceptors (Lipinski definition) is 3. The lowest BCUT2D eigenvalue weighted by atomic mass is 10.0. The molecular weight excluding hydrogens is 404 g/mol. The van der Waals surface area contributed by atoms with E-state index in [4.69, 9.17) is 4.74 Å².